The van der Waals surface area contributed by atoms with Gasteiger partial charge in [0.25, 0.3) is 0 Å². The quantitative estimate of drug-likeness (QED) is 0.754. The van der Waals surface area contributed by atoms with Crippen LogP contribution in [0, 0.1) is 0 Å². The zero-order chi connectivity index (χ0) is 12.9. The molecule has 1 aromatic carbocycles. The van der Waals surface area contributed by atoms with Gasteiger partial charge in [-0.15, -0.1) is 0 Å². The number of ether oxygens (including phenoxy) is 1. The molecule has 0 saturated carbocycles. The highest BCUT2D eigenvalue weighted by Gasteiger charge is 2.33. The average Bonchev–Trinajstić information content (AvgIpc) is 2.31. The standard InChI is InChI=1S/C12H16O4S/c1-3-11(12(13)16-4-2)17(14,15)10-8-6-5-7-9-10/h5-9,11H,3-4H2,1-2H3. The van der Waals surface area contributed by atoms with E-state index in [4.69, 9.17) is 4.74 Å². The Morgan fingerprint density at radius 3 is 2.29 bits per heavy atom. The van der Waals surface area contributed by atoms with Gasteiger partial charge >= 0.3 is 5.97 Å². The largest absolute Gasteiger partial charge is 0.465 e. The van der Waals surface area contributed by atoms with Crippen LogP contribution in [0.2, 0.25) is 0 Å². The normalized spacial score (nSPS) is 13.1. The van der Waals surface area contributed by atoms with Crippen molar-refractivity contribution in [2.75, 3.05) is 6.61 Å². The summed E-state index contributed by atoms with van der Waals surface area (Å²) in [5, 5.41) is -1.12. The monoisotopic (exact) mass is 256 g/mol. The van der Waals surface area contributed by atoms with E-state index in [1.165, 1.54) is 12.1 Å². The Hall–Kier alpha value is -1.36. The lowest BCUT2D eigenvalue weighted by atomic mass is 10.3. The van der Waals surface area contributed by atoms with E-state index in [0.29, 0.717) is 0 Å². The van der Waals surface area contributed by atoms with Crippen LogP contribution in [0.1, 0.15) is 20.3 Å². The fraction of sp³-hybridized carbons (Fsp3) is 0.417. The molecule has 4 nitrogen and oxygen atoms in total. The minimum absolute atomic E-state index is 0.153. The molecule has 0 aliphatic heterocycles. The zero-order valence-corrected chi connectivity index (χ0v) is 10.7. The number of sulfone groups is 1. The van der Waals surface area contributed by atoms with E-state index >= 15 is 0 Å². The molecule has 0 spiro atoms. The van der Waals surface area contributed by atoms with Crippen molar-refractivity contribution in [3.05, 3.63) is 30.3 Å². The lowest BCUT2D eigenvalue weighted by Crippen LogP contribution is -2.31. The summed E-state index contributed by atoms with van der Waals surface area (Å²) < 4.78 is 29.1. The molecule has 0 N–H and O–H groups in total. The van der Waals surface area contributed by atoms with Gasteiger partial charge in [0.15, 0.2) is 15.1 Å². The number of benzene rings is 1. The van der Waals surface area contributed by atoms with Crippen molar-refractivity contribution in [2.45, 2.75) is 30.4 Å². The Balaban J connectivity index is 3.07. The average molecular weight is 256 g/mol. The Morgan fingerprint density at radius 1 is 1.24 bits per heavy atom. The van der Waals surface area contributed by atoms with Gasteiger partial charge in [-0.2, -0.15) is 0 Å². The third-order valence-electron chi connectivity index (χ3n) is 2.37. The molecule has 0 bridgehead atoms. The van der Waals surface area contributed by atoms with Crippen molar-refractivity contribution < 1.29 is 17.9 Å². The number of esters is 1. The highest BCUT2D eigenvalue weighted by molar-refractivity contribution is 7.92. The first-order chi connectivity index (χ1) is 8.04. The van der Waals surface area contributed by atoms with Gasteiger partial charge in [0.05, 0.1) is 11.5 Å². The number of hydrogen-bond acceptors (Lipinski definition) is 4. The maximum absolute atomic E-state index is 12.2. The van der Waals surface area contributed by atoms with Crippen molar-refractivity contribution in [1.82, 2.24) is 0 Å². The molecule has 94 valence electrons. The highest BCUT2D eigenvalue weighted by Crippen LogP contribution is 2.19. The van der Waals surface area contributed by atoms with Crippen molar-refractivity contribution in [2.24, 2.45) is 0 Å². The van der Waals surface area contributed by atoms with Crippen molar-refractivity contribution >= 4 is 15.8 Å². The van der Waals surface area contributed by atoms with Gasteiger partial charge in [0, 0.05) is 0 Å². The number of carbonyl (C=O) groups excluding carboxylic acids is 1. The van der Waals surface area contributed by atoms with Gasteiger partial charge in [-0.05, 0) is 25.5 Å². The second-order valence-corrected chi connectivity index (χ2v) is 5.64. The number of rotatable bonds is 5. The minimum atomic E-state index is -3.65. The first-order valence-corrected chi connectivity index (χ1v) is 7.04. The Morgan fingerprint density at radius 2 is 1.82 bits per heavy atom. The number of hydrogen-bond donors (Lipinski definition) is 0. The molecule has 5 heteroatoms. The van der Waals surface area contributed by atoms with Crippen LogP contribution >= 0.6 is 0 Å². The van der Waals surface area contributed by atoms with Crippen LogP contribution in [0.4, 0.5) is 0 Å². The third-order valence-corrected chi connectivity index (χ3v) is 4.57. The van der Waals surface area contributed by atoms with Crippen LogP contribution in [0.25, 0.3) is 0 Å². The van der Waals surface area contributed by atoms with Gasteiger partial charge in [0.2, 0.25) is 0 Å². The minimum Gasteiger partial charge on any atom is -0.465 e. The summed E-state index contributed by atoms with van der Waals surface area (Å²) in [5.74, 6) is -0.682. The molecule has 0 heterocycles. The molecule has 0 fully saturated rings. The van der Waals surface area contributed by atoms with Gasteiger partial charge in [-0.25, -0.2) is 8.42 Å². The first kappa shape index (κ1) is 13.7. The lowest BCUT2D eigenvalue weighted by molar-refractivity contribution is -0.142. The van der Waals surface area contributed by atoms with Crippen molar-refractivity contribution in [3.8, 4) is 0 Å². The van der Waals surface area contributed by atoms with E-state index in [2.05, 4.69) is 0 Å². The summed E-state index contributed by atoms with van der Waals surface area (Å²) >= 11 is 0. The van der Waals surface area contributed by atoms with Crippen molar-refractivity contribution in [3.63, 3.8) is 0 Å². The molecule has 17 heavy (non-hydrogen) atoms. The van der Waals surface area contributed by atoms with Crippen LogP contribution in [0.3, 0.4) is 0 Å². The van der Waals surface area contributed by atoms with Gasteiger partial charge < -0.3 is 4.74 Å². The summed E-state index contributed by atoms with van der Waals surface area (Å²) in [6.07, 6.45) is 0.204. The maximum Gasteiger partial charge on any atom is 0.324 e. The van der Waals surface area contributed by atoms with Crippen LogP contribution in [0.15, 0.2) is 35.2 Å². The van der Waals surface area contributed by atoms with Gasteiger partial charge in [-0.3, -0.25) is 4.79 Å². The van der Waals surface area contributed by atoms with Crippen LogP contribution in [0.5, 0.6) is 0 Å². The summed E-state index contributed by atoms with van der Waals surface area (Å²) in [4.78, 5) is 11.7. The summed E-state index contributed by atoms with van der Waals surface area (Å²) in [6.45, 7) is 3.49. The summed E-state index contributed by atoms with van der Waals surface area (Å²) in [7, 11) is -3.65. The summed E-state index contributed by atoms with van der Waals surface area (Å²) in [6, 6.07) is 7.95. The van der Waals surface area contributed by atoms with E-state index in [-0.39, 0.29) is 17.9 Å². The van der Waals surface area contributed by atoms with E-state index in [9.17, 15) is 13.2 Å². The Bertz CT molecular complexity index is 465. The topological polar surface area (TPSA) is 60.4 Å². The van der Waals surface area contributed by atoms with E-state index in [0.717, 1.165) is 0 Å². The third kappa shape index (κ3) is 3.06. The second-order valence-electron chi connectivity index (χ2n) is 3.51. The molecule has 1 rings (SSSR count). The molecule has 0 radical (unpaired) electrons. The predicted molar refractivity (Wildman–Crippen MR) is 64.3 cm³/mol. The summed E-state index contributed by atoms with van der Waals surface area (Å²) in [5.41, 5.74) is 0. The van der Waals surface area contributed by atoms with E-state index in [1.54, 1.807) is 32.0 Å². The van der Waals surface area contributed by atoms with E-state index < -0.39 is 21.1 Å². The fourth-order valence-electron chi connectivity index (χ4n) is 1.52. The smallest absolute Gasteiger partial charge is 0.324 e. The molecule has 0 aliphatic rings. The molecule has 0 amide bonds. The fourth-order valence-corrected chi connectivity index (χ4v) is 3.15. The first-order valence-electron chi connectivity index (χ1n) is 5.49. The predicted octanol–water partition coefficient (Wildman–Crippen LogP) is 1.80. The van der Waals surface area contributed by atoms with Crippen LogP contribution in [-0.4, -0.2) is 26.2 Å². The molecule has 1 atom stereocenters. The van der Waals surface area contributed by atoms with E-state index in [1.807, 2.05) is 0 Å². The molecule has 0 aliphatic carbocycles. The Kier molecular flexibility index (Phi) is 4.69. The molecule has 0 aromatic heterocycles. The van der Waals surface area contributed by atoms with Crippen LogP contribution < -0.4 is 0 Å². The number of carbonyl (C=O) groups is 1. The molecule has 1 aromatic rings. The zero-order valence-electron chi connectivity index (χ0n) is 9.92. The second kappa shape index (κ2) is 5.82. The Labute approximate surface area is 102 Å². The van der Waals surface area contributed by atoms with Crippen LogP contribution in [-0.2, 0) is 19.4 Å². The van der Waals surface area contributed by atoms with Gasteiger partial charge in [-0.1, -0.05) is 25.1 Å². The van der Waals surface area contributed by atoms with Gasteiger partial charge in [0.1, 0.15) is 0 Å². The maximum atomic E-state index is 12.2. The molecular weight excluding hydrogens is 240 g/mol. The SMILES string of the molecule is CCOC(=O)C(CC)S(=O)(=O)c1ccccc1. The molecular formula is C12H16O4S. The molecule has 1 unspecified atom stereocenters. The highest BCUT2D eigenvalue weighted by atomic mass is 32.2. The van der Waals surface area contributed by atoms with Crippen molar-refractivity contribution in [1.29, 1.82) is 0 Å². The lowest BCUT2D eigenvalue weighted by Gasteiger charge is -2.14. The molecule has 0 saturated heterocycles.